The van der Waals surface area contributed by atoms with Crippen molar-refractivity contribution in [3.63, 3.8) is 0 Å². The minimum absolute atomic E-state index is 0.343. The third-order valence-electron chi connectivity index (χ3n) is 2.93. The quantitative estimate of drug-likeness (QED) is 0.887. The minimum atomic E-state index is -0.844. The fourth-order valence-corrected chi connectivity index (χ4v) is 1.92. The van der Waals surface area contributed by atoms with Crippen molar-refractivity contribution in [1.82, 2.24) is 14.8 Å². The summed E-state index contributed by atoms with van der Waals surface area (Å²) in [5.74, 6) is -0.764. The molecule has 0 bridgehead atoms. The number of carbonyl (C=O) groups is 1. The highest BCUT2D eigenvalue weighted by molar-refractivity contribution is 5.76. The molecule has 0 aliphatic carbocycles. The summed E-state index contributed by atoms with van der Waals surface area (Å²) in [6.45, 7) is 1.95. The van der Waals surface area contributed by atoms with Crippen LogP contribution in [-0.4, -0.2) is 25.8 Å². The highest BCUT2D eigenvalue weighted by Gasteiger charge is 2.22. The minimum Gasteiger partial charge on any atom is -0.481 e. The van der Waals surface area contributed by atoms with E-state index < -0.39 is 11.9 Å². The summed E-state index contributed by atoms with van der Waals surface area (Å²) < 4.78 is 1.60. The number of hydrogen-bond acceptors (Lipinski definition) is 3. The molecule has 94 valence electrons. The van der Waals surface area contributed by atoms with E-state index in [9.17, 15) is 9.90 Å². The van der Waals surface area contributed by atoms with Crippen LogP contribution >= 0.6 is 0 Å². The van der Waals surface area contributed by atoms with Gasteiger partial charge in [-0.15, -0.1) is 0 Å². The Labute approximate surface area is 105 Å². The highest BCUT2D eigenvalue weighted by atomic mass is 16.4. The second-order valence-electron chi connectivity index (χ2n) is 4.31. The molecule has 2 rings (SSSR count). The number of aliphatic carboxylic acids is 1. The number of benzene rings is 1. The number of aromatic nitrogens is 3. The van der Waals surface area contributed by atoms with Crippen LogP contribution in [0.2, 0.25) is 0 Å². The maximum absolute atomic E-state index is 11.4. The fraction of sp³-hybridized carbons (Fsp3) is 0.308. The van der Waals surface area contributed by atoms with Crippen molar-refractivity contribution in [2.45, 2.75) is 19.3 Å². The van der Waals surface area contributed by atoms with Crippen LogP contribution in [0.1, 0.15) is 22.9 Å². The number of aryl methyl sites for hydroxylation is 2. The van der Waals surface area contributed by atoms with E-state index in [1.807, 2.05) is 31.2 Å². The van der Waals surface area contributed by atoms with Crippen LogP contribution in [0.4, 0.5) is 0 Å². The van der Waals surface area contributed by atoms with E-state index in [-0.39, 0.29) is 0 Å². The normalized spacial score (nSPS) is 12.3. The Balaban J connectivity index is 2.30. The second kappa shape index (κ2) is 5.00. The first-order valence-corrected chi connectivity index (χ1v) is 5.70. The SMILES string of the molecule is Cc1cccc(C(Cc2ncnn2C)C(=O)O)c1. The predicted molar refractivity (Wildman–Crippen MR) is 66.3 cm³/mol. The molecule has 1 heterocycles. The lowest BCUT2D eigenvalue weighted by atomic mass is 9.94. The molecular formula is C13H15N3O2. The first-order valence-electron chi connectivity index (χ1n) is 5.70. The van der Waals surface area contributed by atoms with Gasteiger partial charge in [0.25, 0.3) is 0 Å². The van der Waals surface area contributed by atoms with Gasteiger partial charge in [0.2, 0.25) is 0 Å². The molecule has 0 amide bonds. The lowest BCUT2D eigenvalue weighted by Crippen LogP contribution is -2.17. The summed E-state index contributed by atoms with van der Waals surface area (Å²) in [6, 6.07) is 7.55. The van der Waals surface area contributed by atoms with Crippen molar-refractivity contribution >= 4 is 5.97 Å². The summed E-state index contributed by atoms with van der Waals surface area (Å²) in [5, 5.41) is 13.3. The van der Waals surface area contributed by atoms with Crippen molar-refractivity contribution in [3.05, 3.63) is 47.5 Å². The molecule has 5 nitrogen and oxygen atoms in total. The molecule has 1 aromatic heterocycles. The molecule has 1 aromatic carbocycles. The zero-order valence-electron chi connectivity index (χ0n) is 10.4. The van der Waals surface area contributed by atoms with E-state index >= 15 is 0 Å². The number of nitrogens with zero attached hydrogens (tertiary/aromatic N) is 3. The molecule has 1 unspecified atom stereocenters. The molecule has 0 saturated heterocycles. The number of carboxylic acids is 1. The van der Waals surface area contributed by atoms with Crippen LogP contribution in [0.15, 0.2) is 30.6 Å². The zero-order valence-corrected chi connectivity index (χ0v) is 10.4. The number of carboxylic acid groups (broad SMARTS) is 1. The average molecular weight is 245 g/mol. The van der Waals surface area contributed by atoms with Gasteiger partial charge in [-0.1, -0.05) is 29.8 Å². The van der Waals surface area contributed by atoms with Crippen molar-refractivity contribution < 1.29 is 9.90 Å². The second-order valence-corrected chi connectivity index (χ2v) is 4.31. The van der Waals surface area contributed by atoms with Gasteiger partial charge in [0, 0.05) is 13.5 Å². The standard InChI is InChI=1S/C13H15N3O2/c1-9-4-3-5-10(6-9)11(13(17)18)7-12-14-8-15-16(12)2/h3-6,8,11H,7H2,1-2H3,(H,17,18). The Hall–Kier alpha value is -2.17. The van der Waals surface area contributed by atoms with Gasteiger partial charge in [0.05, 0.1) is 5.92 Å². The van der Waals surface area contributed by atoms with E-state index in [1.165, 1.54) is 6.33 Å². The van der Waals surface area contributed by atoms with Gasteiger partial charge in [-0.2, -0.15) is 5.10 Å². The largest absolute Gasteiger partial charge is 0.481 e. The van der Waals surface area contributed by atoms with Crippen LogP contribution in [0.3, 0.4) is 0 Å². The van der Waals surface area contributed by atoms with Gasteiger partial charge < -0.3 is 5.11 Å². The summed E-state index contributed by atoms with van der Waals surface area (Å²) in [5.41, 5.74) is 1.85. The molecule has 0 fully saturated rings. The van der Waals surface area contributed by atoms with E-state index in [0.29, 0.717) is 12.2 Å². The van der Waals surface area contributed by atoms with Gasteiger partial charge in [-0.05, 0) is 12.5 Å². The highest BCUT2D eigenvalue weighted by Crippen LogP contribution is 2.21. The number of rotatable bonds is 4. The van der Waals surface area contributed by atoms with Gasteiger partial charge >= 0.3 is 5.97 Å². The van der Waals surface area contributed by atoms with Gasteiger partial charge in [0.1, 0.15) is 12.2 Å². The Morgan fingerprint density at radius 2 is 2.28 bits per heavy atom. The molecule has 1 atom stereocenters. The topological polar surface area (TPSA) is 68.0 Å². The lowest BCUT2D eigenvalue weighted by Gasteiger charge is -2.12. The Morgan fingerprint density at radius 3 is 2.83 bits per heavy atom. The average Bonchev–Trinajstić information content (AvgIpc) is 2.71. The first-order chi connectivity index (χ1) is 8.58. The van der Waals surface area contributed by atoms with Crippen LogP contribution in [-0.2, 0) is 18.3 Å². The number of hydrogen-bond donors (Lipinski definition) is 1. The predicted octanol–water partition coefficient (Wildman–Crippen LogP) is 1.53. The van der Waals surface area contributed by atoms with Crippen molar-refractivity contribution in [2.24, 2.45) is 7.05 Å². The van der Waals surface area contributed by atoms with E-state index in [4.69, 9.17) is 0 Å². The summed E-state index contributed by atoms with van der Waals surface area (Å²) in [7, 11) is 1.76. The molecule has 0 spiro atoms. The monoisotopic (exact) mass is 245 g/mol. The van der Waals surface area contributed by atoms with Gasteiger partial charge in [0.15, 0.2) is 0 Å². The summed E-state index contributed by atoms with van der Waals surface area (Å²) in [6.07, 6.45) is 1.78. The maximum atomic E-state index is 11.4. The van der Waals surface area contributed by atoms with E-state index in [2.05, 4.69) is 10.1 Å². The van der Waals surface area contributed by atoms with Crippen LogP contribution in [0, 0.1) is 6.92 Å². The van der Waals surface area contributed by atoms with E-state index in [1.54, 1.807) is 11.7 Å². The zero-order chi connectivity index (χ0) is 13.1. The van der Waals surface area contributed by atoms with Gasteiger partial charge in [-0.3, -0.25) is 9.48 Å². The van der Waals surface area contributed by atoms with Crippen molar-refractivity contribution in [3.8, 4) is 0 Å². The fourth-order valence-electron chi connectivity index (χ4n) is 1.92. The first kappa shape index (κ1) is 12.3. The Bertz CT molecular complexity index is 563. The Morgan fingerprint density at radius 1 is 1.50 bits per heavy atom. The molecule has 0 aliphatic rings. The van der Waals surface area contributed by atoms with Crippen LogP contribution in [0.5, 0.6) is 0 Å². The Kier molecular flexibility index (Phi) is 3.41. The van der Waals surface area contributed by atoms with Crippen LogP contribution in [0.25, 0.3) is 0 Å². The molecule has 5 heteroatoms. The van der Waals surface area contributed by atoms with E-state index in [0.717, 1.165) is 11.1 Å². The maximum Gasteiger partial charge on any atom is 0.311 e. The van der Waals surface area contributed by atoms with Gasteiger partial charge in [-0.25, -0.2) is 4.98 Å². The molecule has 2 aromatic rings. The third kappa shape index (κ3) is 2.56. The summed E-state index contributed by atoms with van der Waals surface area (Å²) >= 11 is 0. The smallest absolute Gasteiger partial charge is 0.311 e. The summed E-state index contributed by atoms with van der Waals surface area (Å²) in [4.78, 5) is 15.5. The molecular weight excluding hydrogens is 230 g/mol. The van der Waals surface area contributed by atoms with Crippen molar-refractivity contribution in [2.75, 3.05) is 0 Å². The third-order valence-corrected chi connectivity index (χ3v) is 2.93. The molecule has 1 N–H and O–H groups in total. The molecule has 0 aliphatic heterocycles. The molecule has 18 heavy (non-hydrogen) atoms. The molecule has 0 radical (unpaired) electrons. The molecule has 0 saturated carbocycles. The van der Waals surface area contributed by atoms with Crippen molar-refractivity contribution in [1.29, 1.82) is 0 Å². The lowest BCUT2D eigenvalue weighted by molar-refractivity contribution is -0.138. The van der Waals surface area contributed by atoms with Crippen LogP contribution < -0.4 is 0 Å².